The Kier molecular flexibility index (Phi) is 8.11. The molecule has 6 nitrogen and oxygen atoms in total. The second-order valence-corrected chi connectivity index (χ2v) is 7.78. The minimum Gasteiger partial charge on any atom is -0.494 e. The molecule has 6 heteroatoms. The highest BCUT2D eigenvalue weighted by atomic mass is 16.5. The first-order valence-electron chi connectivity index (χ1n) is 10.8. The van der Waals surface area contributed by atoms with Crippen molar-refractivity contribution in [2.75, 3.05) is 50.8 Å². The quantitative estimate of drug-likeness (QED) is 0.680. The summed E-state index contributed by atoms with van der Waals surface area (Å²) in [4.78, 5) is 18.1. The highest BCUT2D eigenvalue weighted by molar-refractivity contribution is 5.86. The van der Waals surface area contributed by atoms with Crippen LogP contribution in [0.15, 0.2) is 54.6 Å². The van der Waals surface area contributed by atoms with Gasteiger partial charge in [0.1, 0.15) is 5.75 Å². The number of amides is 1. The summed E-state index contributed by atoms with van der Waals surface area (Å²) in [7, 11) is 0. The van der Waals surface area contributed by atoms with Crippen molar-refractivity contribution in [1.82, 2.24) is 9.80 Å². The van der Waals surface area contributed by atoms with Gasteiger partial charge >= 0.3 is 6.09 Å². The van der Waals surface area contributed by atoms with Crippen LogP contribution in [0.2, 0.25) is 0 Å². The predicted octanol–water partition coefficient (Wildman–Crippen LogP) is 3.82. The van der Waals surface area contributed by atoms with Gasteiger partial charge in [0.15, 0.2) is 0 Å². The Morgan fingerprint density at radius 3 is 2.47 bits per heavy atom. The zero-order chi connectivity index (χ0) is 21.3. The summed E-state index contributed by atoms with van der Waals surface area (Å²) in [5, 5.41) is 9.67. The van der Waals surface area contributed by atoms with Crippen LogP contribution in [0.4, 0.5) is 10.5 Å². The monoisotopic (exact) mass is 411 g/mol. The topological polar surface area (TPSA) is 56.2 Å². The molecular weight excluding hydrogens is 378 g/mol. The molecule has 1 unspecified atom stereocenters. The molecule has 1 atom stereocenters. The van der Waals surface area contributed by atoms with Crippen molar-refractivity contribution in [1.29, 1.82) is 0 Å². The molecule has 2 aromatic carbocycles. The molecule has 1 saturated heterocycles. The molecule has 0 spiro atoms. The van der Waals surface area contributed by atoms with Gasteiger partial charge in [0.05, 0.1) is 6.61 Å². The van der Waals surface area contributed by atoms with Gasteiger partial charge in [-0.25, -0.2) is 4.79 Å². The van der Waals surface area contributed by atoms with E-state index in [2.05, 4.69) is 47.1 Å². The van der Waals surface area contributed by atoms with E-state index in [-0.39, 0.29) is 0 Å². The normalized spacial score (nSPS) is 17.6. The molecule has 1 fully saturated rings. The van der Waals surface area contributed by atoms with Gasteiger partial charge in [0.25, 0.3) is 0 Å². The molecule has 1 aliphatic rings. The molecule has 0 aromatic heterocycles. The Hall–Kier alpha value is -2.57. The number of ether oxygens (including phenoxy) is 1. The number of piperazine rings is 1. The lowest BCUT2D eigenvalue weighted by atomic mass is 10.1. The molecule has 1 aliphatic heterocycles. The maximum absolute atomic E-state index is 11.8. The Labute approximate surface area is 179 Å². The fourth-order valence-electron chi connectivity index (χ4n) is 3.99. The van der Waals surface area contributed by atoms with Crippen molar-refractivity contribution in [3.8, 4) is 5.75 Å². The molecule has 1 heterocycles. The van der Waals surface area contributed by atoms with Gasteiger partial charge in [-0.3, -0.25) is 14.7 Å². The van der Waals surface area contributed by atoms with Gasteiger partial charge in [-0.05, 0) is 50.1 Å². The number of nitrogens with zero attached hydrogens (tertiary/aromatic N) is 3. The lowest BCUT2D eigenvalue weighted by Gasteiger charge is -2.40. The summed E-state index contributed by atoms with van der Waals surface area (Å²) in [6.07, 6.45) is 0.143. The number of hydrogen-bond donors (Lipinski definition) is 1. The van der Waals surface area contributed by atoms with E-state index < -0.39 is 6.09 Å². The summed E-state index contributed by atoms with van der Waals surface area (Å²) < 4.78 is 5.45. The van der Waals surface area contributed by atoms with Crippen molar-refractivity contribution in [2.24, 2.45) is 0 Å². The molecule has 30 heavy (non-hydrogen) atoms. The SMILES string of the molecule is CCOc1ccc(N(CCN2CCN(CCc3ccccc3)C(C)C2)C(=O)O)cc1. The number of anilines is 1. The maximum Gasteiger partial charge on any atom is 0.411 e. The molecule has 2 aromatic rings. The molecule has 3 rings (SSSR count). The third kappa shape index (κ3) is 6.21. The van der Waals surface area contributed by atoms with E-state index in [1.54, 1.807) is 0 Å². The predicted molar refractivity (Wildman–Crippen MR) is 121 cm³/mol. The van der Waals surface area contributed by atoms with Gasteiger partial charge in [-0.15, -0.1) is 0 Å². The Balaban J connectivity index is 1.48. The zero-order valence-electron chi connectivity index (χ0n) is 18.0. The smallest absolute Gasteiger partial charge is 0.411 e. The van der Waals surface area contributed by atoms with Crippen LogP contribution in [0, 0.1) is 0 Å². The van der Waals surface area contributed by atoms with Crippen molar-refractivity contribution < 1.29 is 14.6 Å². The average molecular weight is 412 g/mol. The van der Waals surface area contributed by atoms with Crippen LogP contribution >= 0.6 is 0 Å². The summed E-state index contributed by atoms with van der Waals surface area (Å²) in [5.41, 5.74) is 2.06. The van der Waals surface area contributed by atoms with Gasteiger partial charge in [0, 0.05) is 51.0 Å². The van der Waals surface area contributed by atoms with Crippen LogP contribution in [-0.4, -0.2) is 72.9 Å². The molecule has 0 saturated carbocycles. The fraction of sp³-hybridized carbons (Fsp3) is 0.458. The summed E-state index contributed by atoms with van der Waals surface area (Å²) in [6.45, 7) is 9.99. The second-order valence-electron chi connectivity index (χ2n) is 7.78. The zero-order valence-corrected chi connectivity index (χ0v) is 18.0. The molecule has 0 bridgehead atoms. The van der Waals surface area contributed by atoms with Crippen molar-refractivity contribution in [2.45, 2.75) is 26.3 Å². The van der Waals surface area contributed by atoms with Crippen LogP contribution in [0.3, 0.4) is 0 Å². The Morgan fingerprint density at radius 2 is 1.83 bits per heavy atom. The third-order valence-electron chi connectivity index (χ3n) is 5.71. The third-order valence-corrected chi connectivity index (χ3v) is 5.71. The highest BCUT2D eigenvalue weighted by Gasteiger charge is 2.24. The van der Waals surface area contributed by atoms with Crippen LogP contribution in [0.1, 0.15) is 19.4 Å². The van der Waals surface area contributed by atoms with Crippen LogP contribution in [0.25, 0.3) is 0 Å². The summed E-state index contributed by atoms with van der Waals surface area (Å²) in [6, 6.07) is 18.3. The number of carboxylic acid groups (broad SMARTS) is 1. The maximum atomic E-state index is 11.8. The summed E-state index contributed by atoms with van der Waals surface area (Å²) >= 11 is 0. The second kappa shape index (κ2) is 11.0. The first kappa shape index (κ1) is 22.1. The molecule has 1 amide bonds. The first-order valence-corrected chi connectivity index (χ1v) is 10.8. The van der Waals surface area contributed by atoms with Crippen LogP contribution < -0.4 is 9.64 Å². The lowest BCUT2D eigenvalue weighted by Crippen LogP contribution is -2.53. The first-order chi connectivity index (χ1) is 14.6. The molecule has 0 radical (unpaired) electrons. The minimum absolute atomic E-state index is 0.458. The molecular formula is C24H33N3O3. The van der Waals surface area contributed by atoms with E-state index in [0.717, 1.165) is 44.9 Å². The standard InChI is InChI=1S/C24H33N3O3/c1-3-30-23-11-9-22(10-12-23)27(24(28)29)18-16-25-15-17-26(20(2)19-25)14-13-21-7-5-4-6-8-21/h4-12,20H,3,13-19H2,1-2H3,(H,28,29). The van der Waals surface area contributed by atoms with Gasteiger partial charge < -0.3 is 9.84 Å². The van der Waals surface area contributed by atoms with Crippen LogP contribution in [0.5, 0.6) is 5.75 Å². The number of benzene rings is 2. The van der Waals surface area contributed by atoms with Crippen LogP contribution in [-0.2, 0) is 6.42 Å². The Morgan fingerprint density at radius 1 is 1.10 bits per heavy atom. The number of carbonyl (C=O) groups is 1. The van der Waals surface area contributed by atoms with Crippen molar-refractivity contribution in [3.63, 3.8) is 0 Å². The van der Waals surface area contributed by atoms with Gasteiger partial charge in [0.2, 0.25) is 0 Å². The van der Waals surface area contributed by atoms with Crippen molar-refractivity contribution in [3.05, 3.63) is 60.2 Å². The Bertz CT molecular complexity index is 782. The van der Waals surface area contributed by atoms with E-state index in [1.807, 2.05) is 31.2 Å². The largest absolute Gasteiger partial charge is 0.494 e. The van der Waals surface area contributed by atoms with Gasteiger partial charge in [-0.2, -0.15) is 0 Å². The van der Waals surface area contributed by atoms with E-state index in [1.165, 1.54) is 10.5 Å². The highest BCUT2D eigenvalue weighted by Crippen LogP contribution is 2.20. The lowest BCUT2D eigenvalue weighted by molar-refractivity contribution is 0.0861. The van der Waals surface area contributed by atoms with Crippen molar-refractivity contribution >= 4 is 11.8 Å². The number of hydrogen-bond acceptors (Lipinski definition) is 4. The number of rotatable bonds is 9. The fourth-order valence-corrected chi connectivity index (χ4v) is 3.99. The summed E-state index contributed by atoms with van der Waals surface area (Å²) in [5.74, 6) is 0.757. The molecule has 0 aliphatic carbocycles. The van der Waals surface area contributed by atoms with E-state index in [4.69, 9.17) is 4.74 Å². The van der Waals surface area contributed by atoms with E-state index in [9.17, 15) is 9.90 Å². The van der Waals surface area contributed by atoms with E-state index >= 15 is 0 Å². The van der Waals surface area contributed by atoms with Gasteiger partial charge in [-0.1, -0.05) is 30.3 Å². The average Bonchev–Trinajstić information content (AvgIpc) is 2.75. The minimum atomic E-state index is -0.922. The van der Waals surface area contributed by atoms with E-state index in [0.29, 0.717) is 24.9 Å². The molecule has 1 N–H and O–H groups in total. The molecule has 162 valence electrons.